The van der Waals surface area contributed by atoms with Crippen LogP contribution in [0.25, 0.3) is 5.69 Å². The number of aromatic nitrogens is 3. The Morgan fingerprint density at radius 2 is 1.94 bits per heavy atom. The predicted molar refractivity (Wildman–Crippen MR) is 72.0 cm³/mol. The average Bonchev–Trinajstić information content (AvgIpc) is 2.83. The van der Waals surface area contributed by atoms with Gasteiger partial charge in [-0.1, -0.05) is 17.3 Å². The zero-order valence-electron chi connectivity index (χ0n) is 9.34. The molecule has 0 spiro atoms. The number of hydrogen-bond acceptors (Lipinski definition) is 4. The fourth-order valence-electron chi connectivity index (χ4n) is 1.22. The quantitative estimate of drug-likeness (QED) is 0.473. The van der Waals surface area contributed by atoms with Crippen LogP contribution in [0.2, 0.25) is 0 Å². The lowest BCUT2D eigenvalue weighted by atomic mass is 10.2. The van der Waals surface area contributed by atoms with Gasteiger partial charge in [0.1, 0.15) is 0 Å². The fourth-order valence-corrected chi connectivity index (χ4v) is 1.22. The Morgan fingerprint density at radius 1 is 1.22 bits per heavy atom. The molecule has 7 nitrogen and oxygen atoms in total. The van der Waals surface area contributed by atoms with Crippen molar-refractivity contribution in [2.24, 2.45) is 21.7 Å². The molecule has 0 amide bonds. The smallest absolute Gasteiger partial charge is 0.211 e. The summed E-state index contributed by atoms with van der Waals surface area (Å²) in [5.74, 6) is -0.0690. The minimum Gasteiger partial charge on any atom is -0.369 e. The van der Waals surface area contributed by atoms with Gasteiger partial charge in [-0.25, -0.2) is 4.68 Å². The normalized spacial score (nSPS) is 10.0. The van der Waals surface area contributed by atoms with Gasteiger partial charge in [0, 0.05) is 0 Å². The third kappa shape index (κ3) is 3.56. The molecule has 0 fully saturated rings. The summed E-state index contributed by atoms with van der Waals surface area (Å²) in [6.07, 6.45) is 4.95. The van der Waals surface area contributed by atoms with Crippen molar-refractivity contribution in [2.45, 2.75) is 0 Å². The average molecular weight is 266 g/mol. The third-order valence-corrected chi connectivity index (χ3v) is 1.96. The molecule has 2 rings (SSSR count). The molecule has 1 aromatic heterocycles. The molecule has 1 aromatic carbocycles. The first-order chi connectivity index (χ1) is 8.25. The lowest BCUT2D eigenvalue weighted by Gasteiger charge is -1.99. The van der Waals surface area contributed by atoms with E-state index in [1.165, 1.54) is 0 Å². The van der Waals surface area contributed by atoms with Crippen molar-refractivity contribution < 1.29 is 0 Å². The highest BCUT2D eigenvalue weighted by molar-refractivity contribution is 5.85. The molecule has 18 heavy (non-hydrogen) atoms. The van der Waals surface area contributed by atoms with Crippen molar-refractivity contribution >= 4 is 24.6 Å². The lowest BCUT2D eigenvalue weighted by Crippen LogP contribution is -2.21. The van der Waals surface area contributed by atoms with E-state index in [0.29, 0.717) is 0 Å². The number of hydrogen-bond donors (Lipinski definition) is 2. The second-order valence-corrected chi connectivity index (χ2v) is 3.21. The molecule has 94 valence electrons. The molecule has 8 heteroatoms. The topological polar surface area (TPSA) is 107 Å². The van der Waals surface area contributed by atoms with Gasteiger partial charge in [-0.05, 0) is 17.7 Å². The molecule has 4 N–H and O–H groups in total. The van der Waals surface area contributed by atoms with Gasteiger partial charge < -0.3 is 11.5 Å². The van der Waals surface area contributed by atoms with E-state index in [9.17, 15) is 0 Å². The van der Waals surface area contributed by atoms with E-state index in [0.717, 1.165) is 11.3 Å². The number of nitrogens with two attached hydrogens (primary N) is 2. The number of guanidine groups is 1. The minimum atomic E-state index is -0.0690. The van der Waals surface area contributed by atoms with Crippen LogP contribution in [-0.4, -0.2) is 27.2 Å². The number of rotatable bonds is 3. The molecule has 0 radical (unpaired) electrons. The van der Waals surface area contributed by atoms with Crippen LogP contribution in [0.5, 0.6) is 0 Å². The Balaban J connectivity index is 0.00000162. The summed E-state index contributed by atoms with van der Waals surface area (Å²) in [5.41, 5.74) is 12.1. The van der Waals surface area contributed by atoms with Crippen molar-refractivity contribution in [1.82, 2.24) is 15.0 Å². The summed E-state index contributed by atoms with van der Waals surface area (Å²) in [7, 11) is 0. The van der Waals surface area contributed by atoms with Crippen LogP contribution in [0, 0.1) is 0 Å². The highest BCUT2D eigenvalue weighted by Crippen LogP contribution is 2.06. The largest absolute Gasteiger partial charge is 0.369 e. The molecule has 0 unspecified atom stereocenters. The van der Waals surface area contributed by atoms with Crippen LogP contribution in [0.15, 0.2) is 46.9 Å². The van der Waals surface area contributed by atoms with Crippen LogP contribution >= 0.6 is 12.4 Å². The van der Waals surface area contributed by atoms with Crippen molar-refractivity contribution in [3.05, 3.63) is 42.2 Å². The van der Waals surface area contributed by atoms with Gasteiger partial charge in [0.2, 0.25) is 5.96 Å². The molecular weight excluding hydrogens is 254 g/mol. The van der Waals surface area contributed by atoms with Crippen LogP contribution in [-0.2, 0) is 0 Å². The van der Waals surface area contributed by atoms with Gasteiger partial charge in [0.15, 0.2) is 0 Å². The molecule has 0 aliphatic heterocycles. The minimum absolute atomic E-state index is 0. The standard InChI is InChI=1S/C10H11N7.ClH/c11-10(12)15-14-7-8-1-3-9(4-2-8)17-6-5-13-16-17;/h1-7H,(H4,11,12,15);1H/b14-7+;. The SMILES string of the molecule is Cl.NC(N)=N/N=C/c1ccc(-n2ccnn2)cc1. The molecule has 2 aromatic rings. The first-order valence-electron chi connectivity index (χ1n) is 4.84. The van der Waals surface area contributed by atoms with E-state index in [-0.39, 0.29) is 18.4 Å². The molecule has 0 bridgehead atoms. The highest BCUT2D eigenvalue weighted by atomic mass is 35.5. The fraction of sp³-hybridized carbons (Fsp3) is 0. The second-order valence-electron chi connectivity index (χ2n) is 3.21. The Hall–Kier alpha value is -2.41. The summed E-state index contributed by atoms with van der Waals surface area (Å²) < 4.78 is 1.66. The number of benzene rings is 1. The molecule has 1 heterocycles. The van der Waals surface area contributed by atoms with Gasteiger partial charge in [0.25, 0.3) is 0 Å². The first-order valence-corrected chi connectivity index (χ1v) is 4.84. The summed E-state index contributed by atoms with van der Waals surface area (Å²) in [6.45, 7) is 0. The van der Waals surface area contributed by atoms with Crippen molar-refractivity contribution in [3.63, 3.8) is 0 Å². The van der Waals surface area contributed by atoms with Crippen molar-refractivity contribution in [1.29, 1.82) is 0 Å². The van der Waals surface area contributed by atoms with Gasteiger partial charge in [0.05, 0.1) is 24.3 Å². The zero-order valence-corrected chi connectivity index (χ0v) is 10.2. The van der Waals surface area contributed by atoms with Crippen LogP contribution in [0.1, 0.15) is 5.56 Å². The van der Waals surface area contributed by atoms with Gasteiger partial charge in [-0.15, -0.1) is 22.6 Å². The maximum absolute atomic E-state index is 5.14. The Bertz CT molecular complexity index is 526. The first kappa shape index (κ1) is 13.7. The Morgan fingerprint density at radius 3 is 2.50 bits per heavy atom. The molecule has 0 saturated carbocycles. The van der Waals surface area contributed by atoms with Crippen molar-refractivity contribution in [3.8, 4) is 5.69 Å². The number of halogens is 1. The van der Waals surface area contributed by atoms with Gasteiger partial charge in [-0.2, -0.15) is 5.10 Å². The van der Waals surface area contributed by atoms with E-state index in [2.05, 4.69) is 20.5 Å². The van der Waals surface area contributed by atoms with E-state index in [1.54, 1.807) is 23.3 Å². The lowest BCUT2D eigenvalue weighted by molar-refractivity contribution is 0.803. The van der Waals surface area contributed by atoms with E-state index < -0.39 is 0 Å². The van der Waals surface area contributed by atoms with Crippen LogP contribution in [0.4, 0.5) is 0 Å². The zero-order chi connectivity index (χ0) is 12.1. The molecule has 0 aliphatic carbocycles. The monoisotopic (exact) mass is 265 g/mol. The molecular formula is C10H12ClN7. The summed E-state index contributed by atoms with van der Waals surface area (Å²) in [6, 6.07) is 7.54. The van der Waals surface area contributed by atoms with Crippen molar-refractivity contribution in [2.75, 3.05) is 0 Å². The maximum atomic E-state index is 5.14. The summed E-state index contributed by atoms with van der Waals surface area (Å²) in [4.78, 5) is 0. The summed E-state index contributed by atoms with van der Waals surface area (Å²) in [5, 5.41) is 14.8. The van der Waals surface area contributed by atoms with E-state index >= 15 is 0 Å². The van der Waals surface area contributed by atoms with Gasteiger partial charge in [-0.3, -0.25) is 0 Å². The van der Waals surface area contributed by atoms with E-state index in [4.69, 9.17) is 11.5 Å². The van der Waals surface area contributed by atoms with Gasteiger partial charge >= 0.3 is 0 Å². The van der Waals surface area contributed by atoms with E-state index in [1.807, 2.05) is 24.3 Å². The molecule has 0 atom stereocenters. The third-order valence-electron chi connectivity index (χ3n) is 1.96. The molecule has 0 saturated heterocycles. The number of nitrogens with zero attached hydrogens (tertiary/aromatic N) is 5. The second kappa shape index (κ2) is 6.36. The highest BCUT2D eigenvalue weighted by Gasteiger charge is 1.95. The maximum Gasteiger partial charge on any atom is 0.211 e. The molecule has 0 aliphatic rings. The summed E-state index contributed by atoms with van der Waals surface area (Å²) >= 11 is 0. The Labute approximate surface area is 110 Å². The predicted octanol–water partition coefficient (Wildman–Crippen LogP) is 0.296. The van der Waals surface area contributed by atoms with Crippen LogP contribution in [0.3, 0.4) is 0 Å². The van der Waals surface area contributed by atoms with Crippen LogP contribution < -0.4 is 11.5 Å². The Kier molecular flexibility index (Phi) is 4.82.